The van der Waals surface area contributed by atoms with E-state index in [0.29, 0.717) is 18.8 Å². The van der Waals surface area contributed by atoms with Gasteiger partial charge in [-0.1, -0.05) is 6.42 Å². The minimum absolute atomic E-state index is 0.00416. The van der Waals surface area contributed by atoms with Gasteiger partial charge in [0, 0.05) is 28.7 Å². The molecule has 0 saturated heterocycles. The topological polar surface area (TPSA) is 125 Å². The molecule has 37 heavy (non-hydrogen) atoms. The molecular weight excluding hydrogens is 472 g/mol. The third kappa shape index (κ3) is 3.96. The van der Waals surface area contributed by atoms with Gasteiger partial charge < -0.3 is 19.7 Å². The van der Waals surface area contributed by atoms with Gasteiger partial charge in [-0.3, -0.25) is 14.8 Å². The molecule has 1 amide bonds. The normalized spacial score (nSPS) is 21.7. The lowest BCUT2D eigenvalue weighted by Crippen LogP contribution is -2.42. The number of aromatic amines is 1. The van der Waals surface area contributed by atoms with E-state index in [-0.39, 0.29) is 24.1 Å². The summed E-state index contributed by atoms with van der Waals surface area (Å²) in [6.45, 7) is 2.02. The van der Waals surface area contributed by atoms with Crippen LogP contribution < -0.4 is 10.2 Å². The predicted octanol–water partition coefficient (Wildman–Crippen LogP) is 5.38. The number of methoxy groups -OCH3 is 1. The number of fused-ring (bicyclic) bond motifs is 4. The van der Waals surface area contributed by atoms with E-state index >= 15 is 0 Å². The molecule has 1 saturated carbocycles. The minimum Gasteiger partial charge on any atom is -0.481 e. The van der Waals surface area contributed by atoms with Gasteiger partial charge in [0.2, 0.25) is 5.95 Å². The smallest absolute Gasteiger partial charge is 0.414 e. The van der Waals surface area contributed by atoms with Crippen molar-refractivity contribution in [1.82, 2.24) is 19.7 Å². The minimum atomic E-state index is -0.742. The van der Waals surface area contributed by atoms with E-state index in [2.05, 4.69) is 20.1 Å². The number of carbonyl (C=O) groups is 2. The molecule has 2 aliphatic rings. The van der Waals surface area contributed by atoms with E-state index in [4.69, 9.17) is 9.72 Å². The molecule has 10 heteroatoms. The molecule has 3 N–H and O–H groups in total. The van der Waals surface area contributed by atoms with Crippen LogP contribution in [0.25, 0.3) is 21.9 Å². The second-order valence-electron chi connectivity index (χ2n) is 10.1. The molecule has 10 nitrogen and oxygen atoms in total. The highest BCUT2D eigenvalue weighted by Crippen LogP contribution is 2.42. The van der Waals surface area contributed by atoms with Crippen LogP contribution in [0.4, 0.5) is 22.1 Å². The molecule has 3 heterocycles. The first-order valence-electron chi connectivity index (χ1n) is 12.8. The number of nitrogens with one attached hydrogen (secondary N) is 2. The molecule has 0 spiro atoms. The number of aromatic nitrogens is 4. The van der Waals surface area contributed by atoms with Crippen LogP contribution in [-0.2, 0) is 16.0 Å². The summed E-state index contributed by atoms with van der Waals surface area (Å²) >= 11 is 0. The second-order valence-corrected chi connectivity index (χ2v) is 10.1. The number of aryl methyl sites for hydroxylation is 1. The van der Waals surface area contributed by atoms with Crippen LogP contribution in [0.15, 0.2) is 36.5 Å². The maximum Gasteiger partial charge on any atom is 0.414 e. The standard InChI is InChI=1S/C27H30N6O4/c1-15-6-9-20-22(32(15)27(36)37-2)10-11-23-24(20)30-26(29-18-8-7-17-14-28-31-21(17)13-18)33(23)19-5-3-4-16(12-19)25(34)35/h7-8,10-11,13-16,19H,3-6,9,12H2,1-2H3,(H,28,31)(H,29,30)(H,34,35)/t15?,16-,19-/m1/s1. The number of benzene rings is 2. The molecule has 4 aromatic rings. The molecular formula is C27H30N6O4. The van der Waals surface area contributed by atoms with Crippen molar-refractivity contribution in [3.63, 3.8) is 0 Å². The molecule has 2 aromatic heterocycles. The van der Waals surface area contributed by atoms with Gasteiger partial charge >= 0.3 is 12.1 Å². The Hall–Kier alpha value is -4.08. The number of carboxylic acid groups (broad SMARTS) is 1. The average molecular weight is 503 g/mol. The highest BCUT2D eigenvalue weighted by atomic mass is 16.5. The maximum absolute atomic E-state index is 12.6. The van der Waals surface area contributed by atoms with Gasteiger partial charge in [0.05, 0.1) is 41.5 Å². The SMILES string of the molecule is COC(=O)N1c2ccc3c(nc(Nc4ccc5cn[nH]c5c4)n3[C@@H]3CCC[C@@H](C(=O)O)C3)c2CCC1C. The van der Waals surface area contributed by atoms with E-state index in [1.165, 1.54) is 7.11 Å². The van der Waals surface area contributed by atoms with E-state index in [0.717, 1.165) is 64.6 Å². The fraction of sp³-hybridized carbons (Fsp3) is 0.407. The number of carboxylic acids is 1. The van der Waals surface area contributed by atoms with Crippen molar-refractivity contribution >= 4 is 51.3 Å². The highest BCUT2D eigenvalue weighted by Gasteiger charge is 2.34. The first-order valence-corrected chi connectivity index (χ1v) is 12.8. The van der Waals surface area contributed by atoms with Crippen molar-refractivity contribution in [2.75, 3.05) is 17.3 Å². The van der Waals surface area contributed by atoms with Gasteiger partial charge in [0.25, 0.3) is 0 Å². The summed E-state index contributed by atoms with van der Waals surface area (Å²) in [5.74, 6) is -0.450. The molecule has 2 aromatic carbocycles. The monoisotopic (exact) mass is 502 g/mol. The van der Waals surface area contributed by atoms with Gasteiger partial charge in [-0.25, -0.2) is 9.78 Å². The van der Waals surface area contributed by atoms with E-state index < -0.39 is 5.97 Å². The number of rotatable bonds is 4. The van der Waals surface area contributed by atoms with Crippen molar-refractivity contribution < 1.29 is 19.4 Å². The van der Waals surface area contributed by atoms with Crippen LogP contribution >= 0.6 is 0 Å². The van der Waals surface area contributed by atoms with Crippen molar-refractivity contribution in [3.05, 3.63) is 42.1 Å². The Morgan fingerprint density at radius 2 is 2.05 bits per heavy atom. The summed E-state index contributed by atoms with van der Waals surface area (Å²) in [4.78, 5) is 31.3. The zero-order valence-corrected chi connectivity index (χ0v) is 20.9. The number of hydrogen-bond acceptors (Lipinski definition) is 6. The summed E-state index contributed by atoms with van der Waals surface area (Å²) in [6.07, 6.45) is 5.97. The molecule has 3 atom stereocenters. The Kier molecular flexibility index (Phi) is 5.73. The van der Waals surface area contributed by atoms with Gasteiger partial charge in [-0.05, 0) is 69.4 Å². The van der Waals surface area contributed by atoms with Gasteiger partial charge in [0.15, 0.2) is 0 Å². The number of nitrogens with zero attached hydrogens (tertiary/aromatic N) is 4. The van der Waals surface area contributed by atoms with Crippen molar-refractivity contribution in [2.24, 2.45) is 5.92 Å². The fourth-order valence-electron chi connectivity index (χ4n) is 6.00. The molecule has 1 aliphatic heterocycles. The fourth-order valence-corrected chi connectivity index (χ4v) is 6.00. The van der Waals surface area contributed by atoms with Crippen LogP contribution in [0.5, 0.6) is 0 Å². The molecule has 0 bridgehead atoms. The van der Waals surface area contributed by atoms with Crippen LogP contribution in [0.2, 0.25) is 0 Å². The first-order chi connectivity index (χ1) is 17.9. The number of hydrogen-bond donors (Lipinski definition) is 3. The molecule has 6 rings (SSSR count). The summed E-state index contributed by atoms with van der Waals surface area (Å²) in [5.41, 5.74) is 5.38. The number of ether oxygens (including phenoxy) is 1. The Morgan fingerprint density at radius 1 is 1.19 bits per heavy atom. The zero-order chi connectivity index (χ0) is 25.7. The van der Waals surface area contributed by atoms with Crippen LogP contribution in [0.1, 0.15) is 50.6 Å². The Bertz CT molecular complexity index is 1510. The Labute approximate surface area is 213 Å². The number of imidazole rings is 1. The zero-order valence-electron chi connectivity index (χ0n) is 20.9. The first kappa shape index (κ1) is 23.3. The average Bonchev–Trinajstić information content (AvgIpc) is 3.52. The molecule has 1 fully saturated rings. The quantitative estimate of drug-likeness (QED) is 0.342. The van der Waals surface area contributed by atoms with Crippen LogP contribution in [-0.4, -0.2) is 50.1 Å². The molecule has 1 aliphatic carbocycles. The number of H-pyrrole nitrogens is 1. The van der Waals surface area contributed by atoms with E-state index in [1.54, 1.807) is 11.1 Å². The largest absolute Gasteiger partial charge is 0.481 e. The number of carbonyl (C=O) groups excluding carboxylic acids is 1. The highest BCUT2D eigenvalue weighted by molar-refractivity contribution is 5.96. The second kappa shape index (κ2) is 9.10. The molecule has 0 radical (unpaired) electrons. The number of aliphatic carboxylic acids is 1. The van der Waals surface area contributed by atoms with Gasteiger partial charge in [-0.15, -0.1) is 0 Å². The summed E-state index contributed by atoms with van der Waals surface area (Å²) in [5, 5.41) is 21.4. The van der Waals surface area contributed by atoms with Gasteiger partial charge in [-0.2, -0.15) is 5.10 Å². The Balaban J connectivity index is 1.49. The van der Waals surface area contributed by atoms with Gasteiger partial charge in [0.1, 0.15) is 0 Å². The molecule has 192 valence electrons. The summed E-state index contributed by atoms with van der Waals surface area (Å²) < 4.78 is 7.25. The third-order valence-corrected chi connectivity index (χ3v) is 7.88. The summed E-state index contributed by atoms with van der Waals surface area (Å²) in [6, 6.07) is 9.96. The third-order valence-electron chi connectivity index (χ3n) is 7.88. The van der Waals surface area contributed by atoms with E-state index in [9.17, 15) is 14.7 Å². The summed E-state index contributed by atoms with van der Waals surface area (Å²) in [7, 11) is 1.40. The number of amides is 1. The van der Waals surface area contributed by atoms with E-state index in [1.807, 2.05) is 37.3 Å². The lowest BCUT2D eigenvalue weighted by Gasteiger charge is -2.34. The predicted molar refractivity (Wildman–Crippen MR) is 140 cm³/mol. The van der Waals surface area contributed by atoms with Crippen LogP contribution in [0.3, 0.4) is 0 Å². The maximum atomic E-state index is 12.6. The lowest BCUT2D eigenvalue weighted by molar-refractivity contribution is -0.143. The van der Waals surface area contributed by atoms with Crippen LogP contribution in [0, 0.1) is 5.92 Å². The molecule has 1 unspecified atom stereocenters. The Morgan fingerprint density at radius 3 is 2.86 bits per heavy atom. The van der Waals surface area contributed by atoms with Crippen molar-refractivity contribution in [2.45, 2.75) is 57.5 Å². The van der Waals surface area contributed by atoms with Crippen molar-refractivity contribution in [1.29, 1.82) is 0 Å². The number of anilines is 3. The van der Waals surface area contributed by atoms with Crippen molar-refractivity contribution in [3.8, 4) is 0 Å². The lowest BCUT2D eigenvalue weighted by atomic mass is 9.85.